The van der Waals surface area contributed by atoms with Crippen molar-refractivity contribution in [2.75, 3.05) is 26.1 Å². The van der Waals surface area contributed by atoms with Crippen LogP contribution in [0.5, 0.6) is 0 Å². The second kappa shape index (κ2) is 11.8. The van der Waals surface area contributed by atoms with Crippen LogP contribution in [-0.4, -0.2) is 32.7 Å². The maximum atomic E-state index is 11.6. The molecule has 28 heavy (non-hydrogen) atoms. The predicted octanol–water partition coefficient (Wildman–Crippen LogP) is 4.48. The van der Waals surface area contributed by atoms with Crippen molar-refractivity contribution in [3.63, 3.8) is 0 Å². The number of hydrogen-bond donors (Lipinski definition) is 1. The molecule has 0 saturated heterocycles. The van der Waals surface area contributed by atoms with Crippen molar-refractivity contribution >= 4 is 17.6 Å². The molecule has 150 valence electrons. The summed E-state index contributed by atoms with van der Waals surface area (Å²) in [6, 6.07) is 17.7. The highest BCUT2D eigenvalue weighted by Gasteiger charge is 2.12. The van der Waals surface area contributed by atoms with Crippen LogP contribution in [0.25, 0.3) is 0 Å². The first-order chi connectivity index (χ1) is 13.6. The van der Waals surface area contributed by atoms with Gasteiger partial charge in [0.2, 0.25) is 0 Å². The summed E-state index contributed by atoms with van der Waals surface area (Å²) >= 11 is 0. The third-order valence-corrected chi connectivity index (χ3v) is 4.74. The first-order valence-corrected chi connectivity index (χ1v) is 9.65. The van der Waals surface area contributed by atoms with Crippen LogP contribution in [0.3, 0.4) is 0 Å². The molecule has 5 heteroatoms. The zero-order valence-corrected chi connectivity index (χ0v) is 16.6. The average Bonchev–Trinajstić information content (AvgIpc) is 2.75. The molecular formula is C23H29NO4. The number of benzene rings is 2. The quantitative estimate of drug-likeness (QED) is 0.458. The number of nitrogens with one attached hydrogen (secondary N) is 1. The molecule has 0 spiro atoms. The van der Waals surface area contributed by atoms with Gasteiger partial charge in [0.1, 0.15) is 0 Å². The second-order valence-electron chi connectivity index (χ2n) is 6.83. The average molecular weight is 383 g/mol. The highest BCUT2D eigenvalue weighted by molar-refractivity contribution is 5.89. The maximum absolute atomic E-state index is 11.6. The van der Waals surface area contributed by atoms with Gasteiger partial charge in [-0.3, -0.25) is 4.79 Å². The van der Waals surface area contributed by atoms with Gasteiger partial charge in [0.25, 0.3) is 0 Å². The van der Waals surface area contributed by atoms with Crippen molar-refractivity contribution in [1.82, 2.24) is 0 Å². The Morgan fingerprint density at radius 3 is 2.29 bits per heavy atom. The van der Waals surface area contributed by atoms with Gasteiger partial charge >= 0.3 is 11.9 Å². The van der Waals surface area contributed by atoms with E-state index in [0.29, 0.717) is 17.9 Å². The molecule has 0 saturated carbocycles. The van der Waals surface area contributed by atoms with E-state index in [4.69, 9.17) is 9.47 Å². The van der Waals surface area contributed by atoms with Crippen molar-refractivity contribution in [2.24, 2.45) is 5.92 Å². The number of ether oxygens (including phenoxy) is 2. The fourth-order valence-corrected chi connectivity index (χ4v) is 3.13. The molecule has 0 amide bonds. The molecule has 0 aliphatic carbocycles. The minimum atomic E-state index is -0.323. The van der Waals surface area contributed by atoms with Crippen molar-refractivity contribution in [2.45, 2.75) is 32.1 Å². The van der Waals surface area contributed by atoms with Gasteiger partial charge in [-0.1, -0.05) is 36.8 Å². The van der Waals surface area contributed by atoms with E-state index in [-0.39, 0.29) is 11.9 Å². The van der Waals surface area contributed by atoms with Crippen LogP contribution in [0.1, 0.15) is 41.6 Å². The summed E-state index contributed by atoms with van der Waals surface area (Å²) in [4.78, 5) is 22.9. The molecular weight excluding hydrogens is 354 g/mol. The van der Waals surface area contributed by atoms with Crippen molar-refractivity contribution in [3.05, 3.63) is 65.7 Å². The molecule has 0 aliphatic heterocycles. The van der Waals surface area contributed by atoms with Crippen LogP contribution in [0.4, 0.5) is 5.69 Å². The van der Waals surface area contributed by atoms with E-state index in [1.54, 1.807) is 12.1 Å². The molecule has 1 N–H and O–H groups in total. The molecule has 0 fully saturated rings. The molecule has 0 radical (unpaired) electrons. The van der Waals surface area contributed by atoms with Crippen LogP contribution in [0.2, 0.25) is 0 Å². The summed E-state index contributed by atoms with van der Waals surface area (Å²) < 4.78 is 9.46. The lowest BCUT2D eigenvalue weighted by Gasteiger charge is -2.19. The Kier molecular flexibility index (Phi) is 9.05. The molecule has 0 aliphatic rings. The van der Waals surface area contributed by atoms with Crippen LogP contribution in [0, 0.1) is 5.92 Å². The van der Waals surface area contributed by atoms with E-state index in [1.807, 2.05) is 30.3 Å². The van der Waals surface area contributed by atoms with Crippen molar-refractivity contribution in [3.8, 4) is 0 Å². The molecule has 5 nitrogen and oxygen atoms in total. The molecule has 1 unspecified atom stereocenters. The van der Waals surface area contributed by atoms with Gasteiger partial charge < -0.3 is 14.8 Å². The van der Waals surface area contributed by atoms with Crippen LogP contribution < -0.4 is 5.32 Å². The number of rotatable bonds is 11. The normalized spacial score (nSPS) is 11.5. The zero-order chi connectivity index (χ0) is 20.2. The summed E-state index contributed by atoms with van der Waals surface area (Å²) in [5.41, 5.74) is 2.84. The van der Waals surface area contributed by atoms with Gasteiger partial charge in [-0.15, -0.1) is 0 Å². The van der Waals surface area contributed by atoms with E-state index < -0.39 is 0 Å². The molecule has 0 heterocycles. The lowest BCUT2D eigenvalue weighted by molar-refractivity contribution is -0.140. The number of para-hydroxylation sites is 1. The van der Waals surface area contributed by atoms with Gasteiger partial charge in [-0.05, 0) is 55.0 Å². The lowest BCUT2D eigenvalue weighted by Crippen LogP contribution is -2.17. The molecule has 2 aromatic carbocycles. The summed E-state index contributed by atoms with van der Waals surface area (Å²) in [6.45, 7) is 0.848. The monoisotopic (exact) mass is 383 g/mol. The SMILES string of the molecule is COC(=O)CCCCC(CNc1ccccc1)Cc1ccc(C(=O)OC)cc1. The standard InChI is InChI=1S/C23H29NO4/c1-27-22(25)11-7-6-8-19(17-24-21-9-4-3-5-10-21)16-18-12-14-20(15-13-18)23(26)28-2/h3-5,9-10,12-15,19,24H,6-8,11,16-17H2,1-2H3. The van der Waals surface area contributed by atoms with Crippen molar-refractivity contribution in [1.29, 1.82) is 0 Å². The zero-order valence-electron chi connectivity index (χ0n) is 16.6. The maximum Gasteiger partial charge on any atom is 0.337 e. The molecule has 2 aromatic rings. The highest BCUT2D eigenvalue weighted by atomic mass is 16.5. The Bertz CT molecular complexity index is 728. The summed E-state index contributed by atoms with van der Waals surface area (Å²) in [7, 11) is 2.81. The number of unbranched alkanes of at least 4 members (excludes halogenated alkanes) is 1. The topological polar surface area (TPSA) is 64.6 Å². The summed E-state index contributed by atoms with van der Waals surface area (Å²) in [5.74, 6) is -0.0594. The number of methoxy groups -OCH3 is 2. The lowest BCUT2D eigenvalue weighted by atomic mass is 9.93. The Hall–Kier alpha value is -2.82. The third-order valence-electron chi connectivity index (χ3n) is 4.74. The van der Waals surface area contributed by atoms with Gasteiger partial charge in [0, 0.05) is 18.7 Å². The largest absolute Gasteiger partial charge is 0.469 e. The molecule has 0 bridgehead atoms. The smallest absolute Gasteiger partial charge is 0.337 e. The number of hydrogen-bond acceptors (Lipinski definition) is 5. The Labute approximate surface area is 167 Å². The third kappa shape index (κ3) is 7.43. The fraction of sp³-hybridized carbons (Fsp3) is 0.391. The van der Waals surface area contributed by atoms with E-state index in [9.17, 15) is 9.59 Å². The van der Waals surface area contributed by atoms with E-state index in [2.05, 4.69) is 17.4 Å². The number of esters is 2. The fourth-order valence-electron chi connectivity index (χ4n) is 3.13. The summed E-state index contributed by atoms with van der Waals surface area (Å²) in [5, 5.41) is 3.50. The number of carbonyl (C=O) groups excluding carboxylic acids is 2. The van der Waals surface area contributed by atoms with E-state index in [0.717, 1.165) is 37.9 Å². The Morgan fingerprint density at radius 1 is 0.929 bits per heavy atom. The highest BCUT2D eigenvalue weighted by Crippen LogP contribution is 2.19. The number of carbonyl (C=O) groups is 2. The van der Waals surface area contributed by atoms with Gasteiger partial charge in [0.05, 0.1) is 19.8 Å². The van der Waals surface area contributed by atoms with E-state index in [1.165, 1.54) is 19.8 Å². The molecule has 0 aromatic heterocycles. The minimum Gasteiger partial charge on any atom is -0.469 e. The predicted molar refractivity (Wildman–Crippen MR) is 110 cm³/mol. The van der Waals surface area contributed by atoms with E-state index >= 15 is 0 Å². The van der Waals surface area contributed by atoms with Crippen LogP contribution in [-0.2, 0) is 20.7 Å². The van der Waals surface area contributed by atoms with Crippen LogP contribution >= 0.6 is 0 Å². The number of anilines is 1. The van der Waals surface area contributed by atoms with Gasteiger partial charge in [0.15, 0.2) is 0 Å². The van der Waals surface area contributed by atoms with Crippen LogP contribution in [0.15, 0.2) is 54.6 Å². The first-order valence-electron chi connectivity index (χ1n) is 9.65. The molecule has 1 atom stereocenters. The van der Waals surface area contributed by atoms with Gasteiger partial charge in [-0.2, -0.15) is 0 Å². The summed E-state index contributed by atoms with van der Waals surface area (Å²) in [6.07, 6.45) is 4.17. The van der Waals surface area contributed by atoms with Crippen molar-refractivity contribution < 1.29 is 19.1 Å². The Balaban J connectivity index is 1.93. The second-order valence-corrected chi connectivity index (χ2v) is 6.83. The minimum absolute atomic E-state index is 0.155. The molecule has 2 rings (SSSR count). The Morgan fingerprint density at radius 2 is 1.64 bits per heavy atom. The van der Waals surface area contributed by atoms with Gasteiger partial charge in [-0.25, -0.2) is 4.79 Å². The first kappa shape index (κ1) is 21.5.